The summed E-state index contributed by atoms with van der Waals surface area (Å²) in [5.74, 6) is 0.537. The number of benzene rings is 1. The van der Waals surface area contributed by atoms with Gasteiger partial charge in [-0.1, -0.05) is 28.9 Å². The van der Waals surface area contributed by atoms with E-state index in [1.165, 1.54) is 11.8 Å². The molecule has 0 radical (unpaired) electrons. The fraction of sp³-hybridized carbons (Fsp3) is 0.250. The molecule has 106 valence electrons. The van der Waals surface area contributed by atoms with Crippen LogP contribution in [0.3, 0.4) is 0 Å². The van der Waals surface area contributed by atoms with E-state index < -0.39 is 12.0 Å². The minimum absolute atomic E-state index is 0.282. The highest BCUT2D eigenvalue weighted by Gasteiger charge is 2.13. The molecule has 1 atom stereocenters. The van der Waals surface area contributed by atoms with Crippen LogP contribution >= 0.6 is 23.4 Å². The molecular weight excluding hydrogens is 302 g/mol. The van der Waals surface area contributed by atoms with Gasteiger partial charge in [-0.15, -0.1) is 11.8 Å². The molecule has 0 saturated carbocycles. The van der Waals surface area contributed by atoms with Gasteiger partial charge in [-0.2, -0.15) is 4.98 Å². The average Bonchev–Trinajstić information content (AvgIpc) is 2.87. The Balaban J connectivity index is 1.94. The van der Waals surface area contributed by atoms with Gasteiger partial charge in [-0.05, 0) is 12.1 Å². The smallest absolute Gasteiger partial charge is 0.321 e. The molecule has 3 N–H and O–H groups in total. The molecule has 2 aromatic rings. The van der Waals surface area contributed by atoms with Crippen molar-refractivity contribution >= 4 is 29.3 Å². The zero-order valence-electron chi connectivity index (χ0n) is 10.3. The molecule has 0 aliphatic carbocycles. The fourth-order valence-electron chi connectivity index (χ4n) is 1.40. The van der Waals surface area contributed by atoms with Crippen molar-refractivity contribution in [2.24, 2.45) is 5.73 Å². The van der Waals surface area contributed by atoms with Crippen LogP contribution in [0, 0.1) is 0 Å². The van der Waals surface area contributed by atoms with Crippen LogP contribution in [0.4, 0.5) is 0 Å². The lowest BCUT2D eigenvalue weighted by molar-refractivity contribution is -0.137. The van der Waals surface area contributed by atoms with Gasteiger partial charge < -0.3 is 15.4 Å². The van der Waals surface area contributed by atoms with Crippen molar-refractivity contribution in [3.63, 3.8) is 0 Å². The molecular formula is C12H12ClN3O3S. The van der Waals surface area contributed by atoms with E-state index in [1.54, 1.807) is 18.2 Å². The number of carboxylic acids is 1. The molecule has 0 aliphatic rings. The molecule has 0 fully saturated rings. The van der Waals surface area contributed by atoms with Crippen LogP contribution in [-0.2, 0) is 10.5 Å². The standard InChI is InChI=1S/C12H12ClN3O3S/c13-8-3-1-2-7(4-8)11-15-10(19-16-11)6-20-5-9(14)12(17)18/h1-4,9H,5-6,14H2,(H,17,18). The van der Waals surface area contributed by atoms with Crippen molar-refractivity contribution in [3.8, 4) is 11.4 Å². The summed E-state index contributed by atoms with van der Waals surface area (Å²) in [6, 6.07) is 6.23. The number of aliphatic carboxylic acids is 1. The molecule has 0 spiro atoms. The summed E-state index contributed by atoms with van der Waals surface area (Å²) >= 11 is 7.22. The summed E-state index contributed by atoms with van der Waals surface area (Å²) in [4.78, 5) is 14.8. The van der Waals surface area contributed by atoms with Crippen LogP contribution in [0.2, 0.25) is 5.02 Å². The number of nitrogens with two attached hydrogens (primary N) is 1. The van der Waals surface area contributed by atoms with Gasteiger partial charge in [0, 0.05) is 16.3 Å². The maximum Gasteiger partial charge on any atom is 0.321 e. The molecule has 0 saturated heterocycles. The molecule has 0 aliphatic heterocycles. The Labute approximate surface area is 124 Å². The third kappa shape index (κ3) is 3.96. The van der Waals surface area contributed by atoms with Crippen LogP contribution in [-0.4, -0.2) is 33.0 Å². The third-order valence-corrected chi connectivity index (χ3v) is 3.67. The lowest BCUT2D eigenvalue weighted by Crippen LogP contribution is -2.32. The number of aromatic nitrogens is 2. The van der Waals surface area contributed by atoms with Crippen molar-refractivity contribution in [2.75, 3.05) is 5.75 Å². The number of thioether (sulfide) groups is 1. The van der Waals surface area contributed by atoms with Crippen molar-refractivity contribution in [3.05, 3.63) is 35.2 Å². The SMILES string of the molecule is NC(CSCc1nc(-c2cccc(Cl)c2)no1)C(=O)O. The van der Waals surface area contributed by atoms with E-state index in [0.717, 1.165) is 5.56 Å². The second-order valence-electron chi connectivity index (χ2n) is 3.98. The predicted molar refractivity (Wildman–Crippen MR) is 76.5 cm³/mol. The van der Waals surface area contributed by atoms with Crippen LogP contribution < -0.4 is 5.73 Å². The monoisotopic (exact) mass is 313 g/mol. The summed E-state index contributed by atoms with van der Waals surface area (Å²) in [5.41, 5.74) is 6.16. The van der Waals surface area contributed by atoms with Crippen LogP contribution in [0.1, 0.15) is 5.89 Å². The Morgan fingerprint density at radius 1 is 1.55 bits per heavy atom. The molecule has 6 nitrogen and oxygen atoms in total. The second kappa shape index (κ2) is 6.74. The van der Waals surface area contributed by atoms with E-state index in [1.807, 2.05) is 6.07 Å². The first-order chi connectivity index (χ1) is 9.56. The summed E-state index contributed by atoms with van der Waals surface area (Å²) < 4.78 is 5.09. The average molecular weight is 314 g/mol. The van der Waals surface area contributed by atoms with E-state index in [2.05, 4.69) is 10.1 Å². The molecule has 1 unspecified atom stereocenters. The first-order valence-electron chi connectivity index (χ1n) is 5.71. The summed E-state index contributed by atoms with van der Waals surface area (Å²) in [5, 5.41) is 13.1. The molecule has 0 amide bonds. The minimum atomic E-state index is -1.03. The normalized spacial score (nSPS) is 12.3. The number of hydrogen-bond donors (Lipinski definition) is 2. The number of hydrogen-bond acceptors (Lipinski definition) is 6. The lowest BCUT2D eigenvalue weighted by atomic mass is 10.2. The summed E-state index contributed by atoms with van der Waals surface area (Å²) in [6.45, 7) is 0. The molecule has 1 aromatic carbocycles. The highest BCUT2D eigenvalue weighted by atomic mass is 35.5. The van der Waals surface area contributed by atoms with Crippen molar-refractivity contribution in [1.82, 2.24) is 10.1 Å². The maximum absolute atomic E-state index is 10.6. The first-order valence-corrected chi connectivity index (χ1v) is 7.24. The summed E-state index contributed by atoms with van der Waals surface area (Å²) in [6.07, 6.45) is 0. The Bertz CT molecular complexity index is 605. The van der Waals surface area contributed by atoms with E-state index in [0.29, 0.717) is 22.5 Å². The van der Waals surface area contributed by atoms with Gasteiger partial charge >= 0.3 is 5.97 Å². The first kappa shape index (κ1) is 14.8. The molecule has 1 aromatic heterocycles. The minimum Gasteiger partial charge on any atom is -0.480 e. The second-order valence-corrected chi connectivity index (χ2v) is 5.45. The Kier molecular flexibility index (Phi) is 4.99. The number of carboxylic acid groups (broad SMARTS) is 1. The number of carbonyl (C=O) groups is 1. The number of nitrogens with zero attached hydrogens (tertiary/aromatic N) is 2. The zero-order valence-corrected chi connectivity index (χ0v) is 11.9. The molecule has 0 bridgehead atoms. The van der Waals surface area contributed by atoms with Crippen molar-refractivity contribution in [2.45, 2.75) is 11.8 Å². The number of halogens is 1. The van der Waals surface area contributed by atoms with Crippen LogP contribution in [0.5, 0.6) is 0 Å². The highest BCUT2D eigenvalue weighted by molar-refractivity contribution is 7.98. The van der Waals surface area contributed by atoms with Crippen molar-refractivity contribution < 1.29 is 14.4 Å². The van der Waals surface area contributed by atoms with E-state index >= 15 is 0 Å². The molecule has 1 heterocycles. The lowest BCUT2D eigenvalue weighted by Gasteiger charge is -2.03. The van der Waals surface area contributed by atoms with E-state index in [9.17, 15) is 4.79 Å². The quantitative estimate of drug-likeness (QED) is 0.841. The van der Waals surface area contributed by atoms with E-state index in [-0.39, 0.29) is 5.75 Å². The zero-order chi connectivity index (χ0) is 14.5. The summed E-state index contributed by atoms with van der Waals surface area (Å²) in [7, 11) is 0. The van der Waals surface area contributed by atoms with Crippen LogP contribution in [0.15, 0.2) is 28.8 Å². The maximum atomic E-state index is 10.6. The topological polar surface area (TPSA) is 102 Å². The number of rotatable bonds is 6. The fourth-order valence-corrected chi connectivity index (χ4v) is 2.40. The van der Waals surface area contributed by atoms with Crippen LogP contribution in [0.25, 0.3) is 11.4 Å². The van der Waals surface area contributed by atoms with Crippen molar-refractivity contribution in [1.29, 1.82) is 0 Å². The highest BCUT2D eigenvalue weighted by Crippen LogP contribution is 2.21. The third-order valence-electron chi connectivity index (χ3n) is 2.39. The van der Waals surface area contributed by atoms with Gasteiger partial charge in [0.15, 0.2) is 0 Å². The predicted octanol–water partition coefficient (Wildman–Crippen LogP) is 2.04. The van der Waals surface area contributed by atoms with Gasteiger partial charge in [-0.25, -0.2) is 0 Å². The molecule has 20 heavy (non-hydrogen) atoms. The largest absolute Gasteiger partial charge is 0.480 e. The Hall–Kier alpha value is -1.57. The van der Waals surface area contributed by atoms with Gasteiger partial charge in [0.05, 0.1) is 5.75 Å². The van der Waals surface area contributed by atoms with Gasteiger partial charge in [0.2, 0.25) is 11.7 Å². The molecule has 8 heteroatoms. The van der Waals surface area contributed by atoms with Gasteiger partial charge in [0.25, 0.3) is 0 Å². The van der Waals surface area contributed by atoms with Gasteiger partial charge in [0.1, 0.15) is 6.04 Å². The van der Waals surface area contributed by atoms with Gasteiger partial charge in [-0.3, -0.25) is 4.79 Å². The molecule has 2 rings (SSSR count). The Morgan fingerprint density at radius 2 is 2.35 bits per heavy atom. The Morgan fingerprint density at radius 3 is 3.05 bits per heavy atom. The van der Waals surface area contributed by atoms with E-state index in [4.69, 9.17) is 27.0 Å².